The van der Waals surface area contributed by atoms with Gasteiger partial charge >= 0.3 is 0 Å². The van der Waals surface area contributed by atoms with Crippen LogP contribution in [-0.4, -0.2) is 25.3 Å². The molecule has 0 aliphatic heterocycles. The normalized spacial score (nSPS) is 18.1. The number of benzene rings is 1. The van der Waals surface area contributed by atoms with Crippen LogP contribution in [0.15, 0.2) is 24.3 Å². The molecule has 0 amide bonds. The van der Waals surface area contributed by atoms with Crippen LogP contribution in [0.4, 0.5) is 0 Å². The molecule has 1 aromatic carbocycles. The molecule has 1 fully saturated rings. The number of methoxy groups -OCH3 is 1. The van der Waals surface area contributed by atoms with Gasteiger partial charge in [0.25, 0.3) is 0 Å². The highest BCUT2D eigenvalue weighted by Gasteiger charge is 2.40. The summed E-state index contributed by atoms with van der Waals surface area (Å²) < 4.78 is 5.17. The molecule has 2 N–H and O–H groups in total. The van der Waals surface area contributed by atoms with Gasteiger partial charge in [0, 0.05) is 13.1 Å². The number of hydrogen-bond acceptors (Lipinski definition) is 3. The van der Waals surface area contributed by atoms with Crippen molar-refractivity contribution in [3.8, 4) is 5.75 Å². The molecule has 1 aromatic rings. The van der Waals surface area contributed by atoms with Crippen molar-refractivity contribution in [3.05, 3.63) is 29.8 Å². The summed E-state index contributed by atoms with van der Waals surface area (Å²) in [6, 6.07) is 7.64. The Labute approximate surface area is 116 Å². The van der Waals surface area contributed by atoms with Gasteiger partial charge in [-0.3, -0.25) is 0 Å². The lowest BCUT2D eigenvalue weighted by atomic mass is 10.0. The molecule has 3 nitrogen and oxygen atoms in total. The first kappa shape index (κ1) is 14.4. The number of hydrogen-bond donors (Lipinski definition) is 2. The van der Waals surface area contributed by atoms with Crippen molar-refractivity contribution >= 4 is 0 Å². The first-order valence-electron chi connectivity index (χ1n) is 7.22. The summed E-state index contributed by atoms with van der Waals surface area (Å²) in [5.41, 5.74) is 1.44. The van der Waals surface area contributed by atoms with E-state index in [1.54, 1.807) is 7.11 Å². The molecule has 1 saturated carbocycles. The molecule has 0 heterocycles. The van der Waals surface area contributed by atoms with Crippen LogP contribution in [0.2, 0.25) is 0 Å². The molecule has 2 rings (SSSR count). The predicted molar refractivity (Wildman–Crippen MR) is 77.4 cm³/mol. The topological polar surface area (TPSA) is 41.5 Å². The average molecular weight is 263 g/mol. The van der Waals surface area contributed by atoms with Gasteiger partial charge in [-0.15, -0.1) is 0 Å². The number of aliphatic hydroxyl groups excluding tert-OH is 1. The summed E-state index contributed by atoms with van der Waals surface area (Å²) in [7, 11) is 1.64. The lowest BCUT2D eigenvalue weighted by Gasteiger charge is -2.17. The number of rotatable bonds is 8. The molecular formula is C16H25NO2. The zero-order chi connectivity index (χ0) is 13.7. The zero-order valence-corrected chi connectivity index (χ0v) is 12.0. The molecule has 0 spiro atoms. The van der Waals surface area contributed by atoms with E-state index in [2.05, 4.69) is 12.2 Å². The molecule has 106 valence electrons. The third-order valence-electron chi connectivity index (χ3n) is 4.05. The Bertz CT molecular complexity index is 401. The highest BCUT2D eigenvalue weighted by Crippen LogP contribution is 2.48. The highest BCUT2D eigenvalue weighted by atomic mass is 16.5. The van der Waals surface area contributed by atoms with Crippen molar-refractivity contribution in [1.82, 2.24) is 5.32 Å². The second-order valence-electron chi connectivity index (χ2n) is 5.67. The summed E-state index contributed by atoms with van der Waals surface area (Å²) in [5.74, 6) is 0.793. The van der Waals surface area contributed by atoms with Crippen LogP contribution in [-0.2, 0) is 0 Å². The zero-order valence-electron chi connectivity index (χ0n) is 12.0. The maximum absolute atomic E-state index is 10.2. The summed E-state index contributed by atoms with van der Waals surface area (Å²) in [4.78, 5) is 0. The van der Waals surface area contributed by atoms with Crippen LogP contribution in [0.25, 0.3) is 0 Å². The van der Waals surface area contributed by atoms with Crippen LogP contribution in [0.3, 0.4) is 0 Å². The number of nitrogens with one attached hydrogen (secondary N) is 1. The van der Waals surface area contributed by atoms with E-state index in [4.69, 9.17) is 4.74 Å². The van der Waals surface area contributed by atoms with E-state index in [-0.39, 0.29) is 0 Å². The van der Waals surface area contributed by atoms with E-state index in [9.17, 15) is 5.11 Å². The quantitative estimate of drug-likeness (QED) is 0.758. The van der Waals surface area contributed by atoms with Crippen molar-refractivity contribution in [2.75, 3.05) is 20.2 Å². The van der Waals surface area contributed by atoms with Crippen LogP contribution >= 0.6 is 0 Å². The van der Waals surface area contributed by atoms with Crippen LogP contribution in [0.5, 0.6) is 5.75 Å². The Hall–Kier alpha value is -1.06. The second kappa shape index (κ2) is 6.40. The molecule has 0 saturated heterocycles. The fourth-order valence-corrected chi connectivity index (χ4v) is 2.66. The summed E-state index contributed by atoms with van der Waals surface area (Å²) >= 11 is 0. The van der Waals surface area contributed by atoms with Crippen LogP contribution in [0.1, 0.15) is 44.3 Å². The van der Waals surface area contributed by atoms with Crippen molar-refractivity contribution in [3.63, 3.8) is 0 Å². The summed E-state index contributed by atoms with van der Waals surface area (Å²) in [5, 5.41) is 13.6. The number of aliphatic hydroxyl groups is 1. The molecule has 0 radical (unpaired) electrons. The Kier molecular flexibility index (Phi) is 4.83. The minimum absolute atomic E-state index is 0.465. The molecule has 0 aromatic heterocycles. The summed E-state index contributed by atoms with van der Waals surface area (Å²) in [6.45, 7) is 3.88. The molecule has 1 atom stereocenters. The predicted octanol–water partition coefficient (Wildman–Crippen LogP) is 2.90. The average Bonchev–Trinajstić information content (AvgIpc) is 3.19. The Morgan fingerprint density at radius 3 is 2.84 bits per heavy atom. The first-order valence-corrected chi connectivity index (χ1v) is 7.22. The van der Waals surface area contributed by atoms with Gasteiger partial charge in [-0.05, 0) is 42.4 Å². The van der Waals surface area contributed by atoms with Crippen molar-refractivity contribution in [2.24, 2.45) is 5.41 Å². The minimum atomic E-state index is -0.465. The third kappa shape index (κ3) is 3.95. The molecule has 19 heavy (non-hydrogen) atoms. The van der Waals surface area contributed by atoms with Crippen molar-refractivity contribution < 1.29 is 9.84 Å². The van der Waals surface area contributed by atoms with E-state index in [0.717, 1.165) is 17.9 Å². The van der Waals surface area contributed by atoms with Gasteiger partial charge in [-0.2, -0.15) is 0 Å². The van der Waals surface area contributed by atoms with Gasteiger partial charge < -0.3 is 15.2 Å². The molecule has 1 unspecified atom stereocenters. The lowest BCUT2D eigenvalue weighted by molar-refractivity contribution is 0.171. The summed E-state index contributed by atoms with van der Waals surface area (Å²) in [6.07, 6.45) is 4.76. The Morgan fingerprint density at radius 2 is 2.21 bits per heavy atom. The smallest absolute Gasteiger partial charge is 0.119 e. The monoisotopic (exact) mass is 263 g/mol. The van der Waals surface area contributed by atoms with Crippen molar-refractivity contribution in [1.29, 1.82) is 0 Å². The van der Waals surface area contributed by atoms with Gasteiger partial charge in [0.1, 0.15) is 5.75 Å². The van der Waals surface area contributed by atoms with E-state index in [1.807, 2.05) is 24.3 Å². The van der Waals surface area contributed by atoms with Gasteiger partial charge in [0.2, 0.25) is 0 Å². The maximum Gasteiger partial charge on any atom is 0.119 e. The maximum atomic E-state index is 10.2. The molecule has 1 aliphatic carbocycles. The Balaban J connectivity index is 1.79. The van der Waals surface area contributed by atoms with Crippen LogP contribution in [0, 0.1) is 5.41 Å². The minimum Gasteiger partial charge on any atom is -0.497 e. The third-order valence-corrected chi connectivity index (χ3v) is 4.05. The largest absolute Gasteiger partial charge is 0.497 e. The van der Waals surface area contributed by atoms with E-state index >= 15 is 0 Å². The first-order chi connectivity index (χ1) is 9.19. The fourth-order valence-electron chi connectivity index (χ4n) is 2.66. The van der Waals surface area contributed by atoms with Crippen molar-refractivity contribution in [2.45, 2.75) is 38.7 Å². The molecule has 0 bridgehead atoms. The standard InChI is InChI=1S/C16H25NO2/c1-3-7-16(8-9-16)12-17-11-15(18)13-5-4-6-14(10-13)19-2/h4-6,10,15,17-18H,3,7-9,11-12H2,1-2H3. The molecule has 3 heteroatoms. The fraction of sp³-hybridized carbons (Fsp3) is 0.625. The van der Waals surface area contributed by atoms with E-state index < -0.39 is 6.10 Å². The van der Waals surface area contributed by atoms with Gasteiger partial charge in [-0.1, -0.05) is 25.5 Å². The lowest BCUT2D eigenvalue weighted by Crippen LogP contribution is -2.28. The van der Waals surface area contributed by atoms with Crippen LogP contribution < -0.4 is 10.1 Å². The SMILES string of the molecule is CCCC1(CNCC(O)c2cccc(OC)c2)CC1. The van der Waals surface area contributed by atoms with E-state index in [1.165, 1.54) is 25.7 Å². The van der Waals surface area contributed by atoms with Gasteiger partial charge in [0.05, 0.1) is 13.2 Å². The molecule has 1 aliphatic rings. The molecular weight excluding hydrogens is 238 g/mol. The van der Waals surface area contributed by atoms with Gasteiger partial charge in [0.15, 0.2) is 0 Å². The Morgan fingerprint density at radius 1 is 1.42 bits per heavy atom. The van der Waals surface area contributed by atoms with Gasteiger partial charge in [-0.25, -0.2) is 0 Å². The second-order valence-corrected chi connectivity index (χ2v) is 5.67. The highest BCUT2D eigenvalue weighted by molar-refractivity contribution is 5.29. The number of ether oxygens (including phenoxy) is 1. The van der Waals surface area contributed by atoms with E-state index in [0.29, 0.717) is 12.0 Å².